The number of aliphatic hydroxyl groups excluding tert-OH is 1. The van der Waals surface area contributed by atoms with E-state index in [1.807, 2.05) is 0 Å². The second-order valence-corrected chi connectivity index (χ2v) is 7.14. The van der Waals surface area contributed by atoms with Crippen LogP contribution in [0.25, 0.3) is 0 Å². The number of aliphatic hydroxyl groups is 1. The number of hydrogen-bond donors (Lipinski definition) is 1. The minimum absolute atomic E-state index is 0.0545. The van der Waals surface area contributed by atoms with Gasteiger partial charge in [0.2, 0.25) is 0 Å². The van der Waals surface area contributed by atoms with E-state index >= 15 is 0 Å². The summed E-state index contributed by atoms with van der Waals surface area (Å²) >= 11 is 0. The van der Waals surface area contributed by atoms with Crippen molar-refractivity contribution in [2.45, 2.75) is 44.8 Å². The van der Waals surface area contributed by atoms with Gasteiger partial charge in [-0.15, -0.1) is 0 Å². The Morgan fingerprint density at radius 1 is 1.09 bits per heavy atom. The molecule has 0 aliphatic carbocycles. The maximum atomic E-state index is 12.3. The zero-order valence-corrected chi connectivity index (χ0v) is 13.8. The van der Waals surface area contributed by atoms with Crippen LogP contribution < -0.4 is 0 Å². The Morgan fingerprint density at radius 2 is 1.70 bits per heavy atom. The van der Waals surface area contributed by atoms with Crippen LogP contribution in [0.15, 0.2) is 24.3 Å². The molecular formula is C18H24N2O3. The topological polar surface area (TPSA) is 60.9 Å². The maximum absolute atomic E-state index is 12.3. The van der Waals surface area contributed by atoms with E-state index in [1.165, 1.54) is 11.3 Å². The number of amides is 2. The van der Waals surface area contributed by atoms with Crippen LogP contribution in [-0.2, 0) is 0 Å². The van der Waals surface area contributed by atoms with E-state index in [-0.39, 0.29) is 23.9 Å². The fourth-order valence-electron chi connectivity index (χ4n) is 3.59. The molecule has 2 aliphatic rings. The van der Waals surface area contributed by atoms with Crippen LogP contribution in [-0.4, -0.2) is 58.0 Å². The molecule has 0 bridgehead atoms. The minimum atomic E-state index is -0.727. The zero-order valence-electron chi connectivity index (χ0n) is 13.8. The van der Waals surface area contributed by atoms with E-state index in [4.69, 9.17) is 0 Å². The van der Waals surface area contributed by atoms with Crippen molar-refractivity contribution >= 4 is 11.8 Å². The number of nitrogens with zero attached hydrogens (tertiary/aromatic N) is 2. The van der Waals surface area contributed by atoms with Crippen molar-refractivity contribution in [2.75, 3.05) is 19.6 Å². The van der Waals surface area contributed by atoms with Crippen LogP contribution in [0, 0.1) is 0 Å². The van der Waals surface area contributed by atoms with Gasteiger partial charge in [-0.2, -0.15) is 0 Å². The third kappa shape index (κ3) is 3.03. The summed E-state index contributed by atoms with van der Waals surface area (Å²) in [6.07, 6.45) is 2.71. The molecule has 0 aromatic heterocycles. The summed E-state index contributed by atoms with van der Waals surface area (Å²) in [7, 11) is 0. The summed E-state index contributed by atoms with van der Waals surface area (Å²) in [5.74, 6) is -0.606. The number of carbonyl (C=O) groups excluding carboxylic acids is 2. The molecule has 1 aromatic carbocycles. The van der Waals surface area contributed by atoms with Crippen molar-refractivity contribution in [1.29, 1.82) is 0 Å². The van der Waals surface area contributed by atoms with Gasteiger partial charge in [0.1, 0.15) is 0 Å². The largest absolute Gasteiger partial charge is 0.390 e. The van der Waals surface area contributed by atoms with Crippen molar-refractivity contribution < 1.29 is 14.7 Å². The summed E-state index contributed by atoms with van der Waals surface area (Å²) in [5.41, 5.74) is 0.923. The lowest BCUT2D eigenvalue weighted by atomic mass is 9.90. The van der Waals surface area contributed by atoms with Crippen LogP contribution in [0.1, 0.15) is 53.8 Å². The lowest BCUT2D eigenvalue weighted by Gasteiger charge is -2.43. The number of fused-ring (bicyclic) bond motifs is 1. The SMILES string of the molecule is CC1(C)CCCCN1C[C@@H](O)CN1C(=O)c2ccccc2C1=O. The Hall–Kier alpha value is -1.72. The highest BCUT2D eigenvalue weighted by Gasteiger charge is 2.37. The third-order valence-electron chi connectivity index (χ3n) is 5.03. The second-order valence-electron chi connectivity index (χ2n) is 7.14. The Bertz CT molecular complexity index is 591. The predicted molar refractivity (Wildman–Crippen MR) is 87.3 cm³/mol. The van der Waals surface area contributed by atoms with Gasteiger partial charge in [0.05, 0.1) is 23.8 Å². The third-order valence-corrected chi connectivity index (χ3v) is 5.03. The number of carbonyl (C=O) groups is 2. The van der Waals surface area contributed by atoms with Gasteiger partial charge < -0.3 is 5.11 Å². The Labute approximate surface area is 136 Å². The number of β-amino-alcohol motifs (C(OH)–C–C–N with tert-alkyl or cyclic N) is 1. The molecule has 1 aromatic rings. The minimum Gasteiger partial charge on any atom is -0.390 e. The standard InChI is InChI=1S/C18H24N2O3/c1-18(2)9-5-6-10-19(18)11-13(21)12-20-16(22)14-7-3-4-8-15(14)17(20)23/h3-4,7-8,13,21H,5-6,9-12H2,1-2H3/t13-/m1/s1. The average Bonchev–Trinajstić information content (AvgIpc) is 2.75. The van der Waals surface area contributed by atoms with E-state index in [0.717, 1.165) is 19.4 Å². The van der Waals surface area contributed by atoms with Gasteiger partial charge in [-0.1, -0.05) is 18.6 Å². The number of likely N-dealkylation sites (tertiary alicyclic amines) is 1. The van der Waals surface area contributed by atoms with Crippen LogP contribution >= 0.6 is 0 Å². The summed E-state index contributed by atoms with van der Waals surface area (Å²) in [6, 6.07) is 6.83. The molecule has 0 spiro atoms. The number of hydrogen-bond acceptors (Lipinski definition) is 4. The number of piperidine rings is 1. The molecule has 1 N–H and O–H groups in total. The highest BCUT2D eigenvalue weighted by atomic mass is 16.3. The normalized spacial score (nSPS) is 22.3. The molecular weight excluding hydrogens is 292 g/mol. The molecule has 1 atom stereocenters. The van der Waals surface area contributed by atoms with Crippen molar-refractivity contribution in [2.24, 2.45) is 0 Å². The van der Waals surface area contributed by atoms with Gasteiger partial charge in [0.25, 0.3) is 11.8 Å². The molecule has 124 valence electrons. The van der Waals surface area contributed by atoms with Gasteiger partial charge in [-0.3, -0.25) is 19.4 Å². The molecule has 0 saturated carbocycles. The fourth-order valence-corrected chi connectivity index (χ4v) is 3.59. The quantitative estimate of drug-likeness (QED) is 0.862. The first-order valence-electron chi connectivity index (χ1n) is 8.28. The smallest absolute Gasteiger partial charge is 0.261 e. The van der Waals surface area contributed by atoms with Gasteiger partial charge >= 0.3 is 0 Å². The summed E-state index contributed by atoms with van der Waals surface area (Å²) < 4.78 is 0. The van der Waals surface area contributed by atoms with Crippen molar-refractivity contribution in [3.63, 3.8) is 0 Å². The zero-order chi connectivity index (χ0) is 16.6. The fraction of sp³-hybridized carbons (Fsp3) is 0.556. The Balaban J connectivity index is 1.66. The average molecular weight is 316 g/mol. The van der Waals surface area contributed by atoms with Crippen molar-refractivity contribution in [1.82, 2.24) is 9.80 Å². The first-order chi connectivity index (χ1) is 10.9. The van der Waals surface area contributed by atoms with Crippen molar-refractivity contribution in [3.05, 3.63) is 35.4 Å². The van der Waals surface area contributed by atoms with Gasteiger partial charge in [0.15, 0.2) is 0 Å². The highest BCUT2D eigenvalue weighted by molar-refractivity contribution is 6.21. The van der Waals surface area contributed by atoms with E-state index in [1.54, 1.807) is 24.3 Å². The number of imide groups is 1. The lowest BCUT2D eigenvalue weighted by molar-refractivity contribution is 0.0137. The summed E-state index contributed by atoms with van der Waals surface area (Å²) in [6.45, 7) is 5.85. The number of benzene rings is 1. The van der Waals surface area contributed by atoms with Crippen LogP contribution in [0.3, 0.4) is 0 Å². The van der Waals surface area contributed by atoms with E-state index in [9.17, 15) is 14.7 Å². The molecule has 0 radical (unpaired) electrons. The van der Waals surface area contributed by atoms with E-state index in [0.29, 0.717) is 17.7 Å². The van der Waals surface area contributed by atoms with E-state index in [2.05, 4.69) is 18.7 Å². The Morgan fingerprint density at radius 3 is 2.26 bits per heavy atom. The van der Waals surface area contributed by atoms with Crippen LogP contribution in [0.4, 0.5) is 0 Å². The van der Waals surface area contributed by atoms with Gasteiger partial charge in [0, 0.05) is 12.1 Å². The molecule has 23 heavy (non-hydrogen) atoms. The first-order valence-corrected chi connectivity index (χ1v) is 8.28. The Kier molecular flexibility index (Phi) is 4.25. The molecule has 5 heteroatoms. The van der Waals surface area contributed by atoms with Crippen LogP contribution in [0.5, 0.6) is 0 Å². The van der Waals surface area contributed by atoms with Gasteiger partial charge in [-0.05, 0) is 45.4 Å². The number of rotatable bonds is 4. The molecule has 0 unspecified atom stereocenters. The van der Waals surface area contributed by atoms with Crippen LogP contribution in [0.2, 0.25) is 0 Å². The molecule has 1 saturated heterocycles. The molecule has 3 rings (SSSR count). The monoisotopic (exact) mass is 316 g/mol. The van der Waals surface area contributed by atoms with E-state index < -0.39 is 6.10 Å². The lowest BCUT2D eigenvalue weighted by Crippen LogP contribution is -2.52. The maximum Gasteiger partial charge on any atom is 0.261 e. The molecule has 2 amide bonds. The molecule has 2 heterocycles. The second kappa shape index (κ2) is 6.06. The molecule has 1 fully saturated rings. The summed E-state index contributed by atoms with van der Waals surface area (Å²) in [4.78, 5) is 28.1. The first kappa shape index (κ1) is 16.1. The summed E-state index contributed by atoms with van der Waals surface area (Å²) in [5, 5.41) is 10.4. The highest BCUT2D eigenvalue weighted by Crippen LogP contribution is 2.28. The molecule has 2 aliphatic heterocycles. The van der Waals surface area contributed by atoms with Crippen molar-refractivity contribution in [3.8, 4) is 0 Å². The van der Waals surface area contributed by atoms with Gasteiger partial charge in [-0.25, -0.2) is 0 Å². The molecule has 5 nitrogen and oxygen atoms in total. The predicted octanol–water partition coefficient (Wildman–Crippen LogP) is 1.91.